The number of Topliss-reactive ketones (excluding diaryl/α,β-unsaturated/α-hetero) is 1. The second kappa shape index (κ2) is 11.7. The van der Waals surface area contributed by atoms with Crippen molar-refractivity contribution in [2.75, 3.05) is 19.6 Å². The Hall–Kier alpha value is -1.08. The second-order valence-electron chi connectivity index (χ2n) is 8.21. The fraction of sp³-hybridized carbons (Fsp3) is 0.458. The fourth-order valence-electron chi connectivity index (χ4n) is 4.21. The molecule has 2 unspecified atom stereocenters. The van der Waals surface area contributed by atoms with Gasteiger partial charge in [0.2, 0.25) is 0 Å². The van der Waals surface area contributed by atoms with Gasteiger partial charge >= 0.3 is 0 Å². The van der Waals surface area contributed by atoms with Crippen LogP contribution in [0.3, 0.4) is 0 Å². The van der Waals surface area contributed by atoms with Crippen LogP contribution in [0, 0.1) is 5.92 Å². The van der Waals surface area contributed by atoms with Gasteiger partial charge in [-0.3, -0.25) is 9.69 Å². The Bertz CT molecular complexity index is 870. The first-order valence-corrected chi connectivity index (χ1v) is 12.7. The predicted molar refractivity (Wildman–Crippen MR) is 129 cm³/mol. The zero-order valence-electron chi connectivity index (χ0n) is 17.9. The van der Waals surface area contributed by atoms with E-state index in [1.165, 1.54) is 0 Å². The van der Waals surface area contributed by atoms with Crippen LogP contribution < -0.4 is 5.73 Å². The highest BCUT2D eigenvalue weighted by molar-refractivity contribution is 7.92. The van der Waals surface area contributed by atoms with Crippen molar-refractivity contribution < 1.29 is 9.35 Å². The van der Waals surface area contributed by atoms with E-state index in [-0.39, 0.29) is 11.0 Å². The average Bonchev–Trinajstić information content (AvgIpc) is 2.77. The van der Waals surface area contributed by atoms with E-state index in [4.69, 9.17) is 28.9 Å². The number of nitrogens with two attached hydrogens (primary N) is 1. The molecule has 4 nitrogen and oxygen atoms in total. The largest absolute Gasteiger partial charge is 0.611 e. The summed E-state index contributed by atoms with van der Waals surface area (Å²) in [5.74, 6) is 0.413. The van der Waals surface area contributed by atoms with Crippen LogP contribution in [-0.2, 0) is 17.7 Å². The molecule has 0 spiro atoms. The molecule has 7 heteroatoms. The first kappa shape index (κ1) is 24.6. The lowest BCUT2D eigenvalue weighted by atomic mass is 9.90. The summed E-state index contributed by atoms with van der Waals surface area (Å²) in [6, 6.07) is 13.0. The molecule has 2 atom stereocenters. The topological polar surface area (TPSA) is 69.4 Å². The average molecular weight is 481 g/mol. The summed E-state index contributed by atoms with van der Waals surface area (Å²) in [4.78, 5) is 14.8. The molecular formula is C24H30Cl2N2O2S. The van der Waals surface area contributed by atoms with Crippen molar-refractivity contribution in [3.8, 4) is 0 Å². The van der Waals surface area contributed by atoms with Crippen LogP contribution in [0.25, 0.3) is 0 Å². The van der Waals surface area contributed by atoms with E-state index < -0.39 is 11.2 Å². The Morgan fingerprint density at radius 2 is 1.84 bits per heavy atom. The summed E-state index contributed by atoms with van der Waals surface area (Å²) in [6.07, 6.45) is 3.74. The number of ketones is 1. The minimum atomic E-state index is -1.11. The first-order valence-electron chi connectivity index (χ1n) is 10.8. The maximum absolute atomic E-state index is 13.4. The van der Waals surface area contributed by atoms with Crippen molar-refractivity contribution in [3.63, 3.8) is 0 Å². The van der Waals surface area contributed by atoms with Crippen molar-refractivity contribution in [2.24, 2.45) is 11.7 Å². The number of benzene rings is 2. The fourth-order valence-corrected chi connectivity index (χ4v) is 6.29. The van der Waals surface area contributed by atoms with Gasteiger partial charge in [0.05, 0.1) is 10.0 Å². The Morgan fingerprint density at radius 3 is 2.42 bits per heavy atom. The molecule has 2 aromatic rings. The van der Waals surface area contributed by atoms with Gasteiger partial charge in [0, 0.05) is 18.0 Å². The number of piperidine rings is 1. The van der Waals surface area contributed by atoms with E-state index in [1.54, 1.807) is 19.1 Å². The molecule has 1 saturated heterocycles. The summed E-state index contributed by atoms with van der Waals surface area (Å²) in [7, 11) is 0. The van der Waals surface area contributed by atoms with E-state index in [1.807, 2.05) is 30.3 Å². The summed E-state index contributed by atoms with van der Waals surface area (Å²) in [5, 5.41) is 1.24. The van der Waals surface area contributed by atoms with Crippen molar-refractivity contribution in [1.29, 1.82) is 0 Å². The molecule has 1 aliphatic heterocycles. The maximum Gasteiger partial charge on any atom is 0.159 e. The molecule has 0 bridgehead atoms. The minimum absolute atomic E-state index is 0.0198. The molecule has 0 aliphatic carbocycles. The molecule has 0 saturated carbocycles. The highest BCUT2D eigenvalue weighted by Crippen LogP contribution is 2.33. The van der Waals surface area contributed by atoms with Gasteiger partial charge in [-0.25, -0.2) is 0 Å². The van der Waals surface area contributed by atoms with Crippen molar-refractivity contribution in [1.82, 2.24) is 4.90 Å². The molecule has 3 rings (SSSR count). The third-order valence-corrected chi connectivity index (χ3v) is 8.66. The molecule has 0 aromatic heterocycles. The monoisotopic (exact) mass is 480 g/mol. The molecule has 2 aromatic carbocycles. The van der Waals surface area contributed by atoms with Gasteiger partial charge in [0.1, 0.15) is 5.25 Å². The van der Waals surface area contributed by atoms with Gasteiger partial charge in [-0.1, -0.05) is 29.3 Å². The van der Waals surface area contributed by atoms with Crippen LogP contribution in [0.1, 0.15) is 48.5 Å². The van der Waals surface area contributed by atoms with E-state index in [0.29, 0.717) is 28.1 Å². The van der Waals surface area contributed by atoms with Crippen LogP contribution in [0.15, 0.2) is 47.4 Å². The van der Waals surface area contributed by atoms with Crippen LogP contribution in [-0.4, -0.2) is 40.1 Å². The van der Waals surface area contributed by atoms with E-state index in [2.05, 4.69) is 4.90 Å². The minimum Gasteiger partial charge on any atom is -0.611 e. The molecule has 1 fully saturated rings. The molecular weight excluding hydrogens is 451 g/mol. The zero-order chi connectivity index (χ0) is 22.4. The summed E-state index contributed by atoms with van der Waals surface area (Å²) >= 11 is 11.1. The van der Waals surface area contributed by atoms with E-state index in [0.717, 1.165) is 55.8 Å². The molecule has 1 heterocycles. The summed E-state index contributed by atoms with van der Waals surface area (Å²) < 4.78 is 13.4. The Balaban J connectivity index is 1.63. The van der Waals surface area contributed by atoms with Gasteiger partial charge < -0.3 is 10.3 Å². The van der Waals surface area contributed by atoms with Crippen molar-refractivity contribution >= 4 is 40.2 Å². The van der Waals surface area contributed by atoms with Crippen molar-refractivity contribution in [2.45, 2.75) is 49.3 Å². The van der Waals surface area contributed by atoms with E-state index in [9.17, 15) is 9.35 Å². The highest BCUT2D eigenvalue weighted by atomic mass is 35.5. The highest BCUT2D eigenvalue weighted by Gasteiger charge is 2.35. The lowest BCUT2D eigenvalue weighted by molar-refractivity contribution is 0.101. The first-order chi connectivity index (χ1) is 14.9. The number of rotatable bonds is 9. The lowest BCUT2D eigenvalue weighted by Gasteiger charge is -2.36. The number of carbonyl (C=O) groups is 1. The smallest absolute Gasteiger partial charge is 0.159 e. The number of hydrogen-bond acceptors (Lipinski definition) is 4. The molecule has 168 valence electrons. The molecule has 0 amide bonds. The Morgan fingerprint density at radius 1 is 1.16 bits per heavy atom. The van der Waals surface area contributed by atoms with Gasteiger partial charge in [-0.05, 0) is 105 Å². The van der Waals surface area contributed by atoms with Crippen LogP contribution in [0.5, 0.6) is 0 Å². The number of nitrogens with zero attached hydrogens (tertiary/aromatic N) is 1. The lowest BCUT2D eigenvalue weighted by Crippen LogP contribution is -2.40. The Kier molecular flexibility index (Phi) is 9.26. The zero-order valence-corrected chi connectivity index (χ0v) is 20.2. The Labute approximate surface area is 198 Å². The van der Waals surface area contributed by atoms with Crippen LogP contribution in [0.4, 0.5) is 0 Å². The second-order valence-corrected chi connectivity index (χ2v) is 10.7. The SMILES string of the molecule is CC(=O)c1ccc([S+]([O-])C(CCCN)C2CCN(Cc3ccc(Cl)c(Cl)c3)CC2)cc1. The van der Waals surface area contributed by atoms with Gasteiger partial charge in [-0.15, -0.1) is 0 Å². The molecule has 0 radical (unpaired) electrons. The number of carbonyl (C=O) groups excluding carboxylic acids is 1. The van der Waals surface area contributed by atoms with Gasteiger partial charge in [0.25, 0.3) is 0 Å². The quantitative estimate of drug-likeness (QED) is 0.389. The van der Waals surface area contributed by atoms with Crippen molar-refractivity contribution in [3.05, 3.63) is 63.6 Å². The summed E-state index contributed by atoms with van der Waals surface area (Å²) in [5.41, 5.74) is 7.57. The van der Waals surface area contributed by atoms with E-state index >= 15 is 0 Å². The van der Waals surface area contributed by atoms with Gasteiger partial charge in [0.15, 0.2) is 10.7 Å². The standard InChI is InChI=1S/C24H30Cl2N2O2S/c1-17(29)19-5-7-21(8-6-19)31(30)24(3-2-12-27)20-10-13-28(14-11-20)16-18-4-9-22(25)23(26)15-18/h4-9,15,20,24H,2-3,10-14,16,27H2,1H3. The maximum atomic E-state index is 13.4. The third-order valence-electron chi connectivity index (χ3n) is 6.01. The number of hydrogen-bond donors (Lipinski definition) is 1. The number of likely N-dealkylation sites (tertiary alicyclic amines) is 1. The normalized spacial score (nSPS) is 17.5. The molecule has 2 N–H and O–H groups in total. The van der Waals surface area contributed by atoms with Gasteiger partial charge in [-0.2, -0.15) is 0 Å². The van der Waals surface area contributed by atoms with Crippen LogP contribution >= 0.6 is 23.2 Å². The summed E-state index contributed by atoms with van der Waals surface area (Å²) in [6.45, 7) is 4.91. The van der Waals surface area contributed by atoms with Crippen LogP contribution in [0.2, 0.25) is 10.0 Å². The predicted octanol–water partition coefficient (Wildman–Crippen LogP) is 5.32. The molecule has 31 heavy (non-hydrogen) atoms. The third kappa shape index (κ3) is 6.70. The molecule has 1 aliphatic rings. The number of halogens is 2.